The van der Waals surface area contributed by atoms with Gasteiger partial charge in [0.1, 0.15) is 0 Å². The first-order chi connectivity index (χ1) is 13.1. The van der Waals surface area contributed by atoms with Crippen molar-refractivity contribution in [3.05, 3.63) is 111 Å². The Morgan fingerprint density at radius 1 is 0.852 bits per heavy atom. The second-order valence-electron chi connectivity index (χ2n) is 6.14. The van der Waals surface area contributed by atoms with Crippen LogP contribution in [0.3, 0.4) is 0 Å². The van der Waals surface area contributed by atoms with Gasteiger partial charge >= 0.3 is 0 Å². The van der Waals surface area contributed by atoms with Gasteiger partial charge in [0.05, 0.1) is 16.4 Å². The van der Waals surface area contributed by atoms with Gasteiger partial charge in [-0.25, -0.2) is 0 Å². The van der Waals surface area contributed by atoms with E-state index in [2.05, 4.69) is 15.9 Å². The molecule has 0 radical (unpaired) electrons. The zero-order valence-corrected chi connectivity index (χ0v) is 16.6. The number of halogens is 2. The zero-order valence-electron chi connectivity index (χ0n) is 14.3. The van der Waals surface area contributed by atoms with Crippen LogP contribution in [0.1, 0.15) is 11.1 Å². The van der Waals surface area contributed by atoms with E-state index in [1.807, 2.05) is 84.9 Å². The molecule has 132 valence electrons. The third-order valence-electron chi connectivity index (χ3n) is 4.34. The van der Waals surface area contributed by atoms with Crippen molar-refractivity contribution in [3.63, 3.8) is 0 Å². The molecule has 1 heterocycles. The lowest BCUT2D eigenvalue weighted by molar-refractivity contribution is -0.113. The summed E-state index contributed by atoms with van der Waals surface area (Å²) in [6.45, 7) is 0. The maximum Gasteiger partial charge on any atom is 0.262 e. The topological polar surface area (TPSA) is 20.3 Å². The molecule has 0 aliphatic carbocycles. The summed E-state index contributed by atoms with van der Waals surface area (Å²) in [5.41, 5.74) is 4.04. The summed E-state index contributed by atoms with van der Waals surface area (Å²) in [5.74, 6) is -0.0927. The van der Waals surface area contributed by atoms with E-state index in [4.69, 9.17) is 11.6 Å². The molecule has 0 spiro atoms. The van der Waals surface area contributed by atoms with Gasteiger partial charge in [-0.15, -0.1) is 0 Å². The van der Waals surface area contributed by atoms with Gasteiger partial charge in [0, 0.05) is 10.0 Å². The summed E-state index contributed by atoms with van der Waals surface area (Å²) in [4.78, 5) is 14.9. The molecule has 1 amide bonds. The predicted molar refractivity (Wildman–Crippen MR) is 115 cm³/mol. The summed E-state index contributed by atoms with van der Waals surface area (Å²) >= 11 is 9.84. The third-order valence-corrected chi connectivity index (χ3v) is 5.19. The first-order valence-corrected chi connectivity index (χ1v) is 9.64. The second kappa shape index (κ2) is 7.55. The van der Waals surface area contributed by atoms with Crippen molar-refractivity contribution in [1.82, 2.24) is 0 Å². The number of para-hydroxylation sites is 1. The number of carbonyl (C=O) groups excluding carboxylic acids is 1. The van der Waals surface area contributed by atoms with Crippen LogP contribution in [0.5, 0.6) is 0 Å². The molecule has 0 saturated carbocycles. The minimum Gasteiger partial charge on any atom is -0.275 e. The molecule has 0 saturated heterocycles. The minimum absolute atomic E-state index is 0.0927. The Hall–Kier alpha value is -2.62. The Balaban J connectivity index is 1.84. The van der Waals surface area contributed by atoms with Crippen LogP contribution in [0.15, 0.2) is 95.0 Å². The Bertz CT molecular complexity index is 1060. The van der Waals surface area contributed by atoms with Gasteiger partial charge in [-0.1, -0.05) is 82.1 Å². The van der Waals surface area contributed by atoms with Crippen molar-refractivity contribution < 1.29 is 4.79 Å². The number of hydrogen-bond acceptors (Lipinski definition) is 1. The molecule has 1 aliphatic rings. The summed E-state index contributed by atoms with van der Waals surface area (Å²) in [6.07, 6.45) is 3.82. The molecular weight excluding hydrogens is 422 g/mol. The Morgan fingerprint density at radius 3 is 2.22 bits per heavy atom. The number of benzene rings is 3. The first kappa shape index (κ1) is 17.8. The van der Waals surface area contributed by atoms with E-state index in [-0.39, 0.29) is 5.91 Å². The summed E-state index contributed by atoms with van der Waals surface area (Å²) in [6, 6.07) is 25.1. The van der Waals surface area contributed by atoms with Gasteiger partial charge in [-0.05, 0) is 47.5 Å². The van der Waals surface area contributed by atoms with Crippen LogP contribution in [0.4, 0.5) is 5.69 Å². The monoisotopic (exact) mass is 435 g/mol. The van der Waals surface area contributed by atoms with Crippen LogP contribution in [0, 0.1) is 0 Å². The minimum atomic E-state index is -0.0927. The molecular formula is C23H15BrClNO. The molecule has 0 bridgehead atoms. The molecule has 0 fully saturated rings. The highest BCUT2D eigenvalue weighted by Crippen LogP contribution is 2.38. The average molecular weight is 437 g/mol. The van der Waals surface area contributed by atoms with Crippen molar-refractivity contribution in [1.29, 1.82) is 0 Å². The predicted octanol–water partition coefficient (Wildman–Crippen LogP) is 6.57. The van der Waals surface area contributed by atoms with Crippen LogP contribution in [-0.2, 0) is 4.79 Å². The van der Waals surface area contributed by atoms with Crippen molar-refractivity contribution in [2.24, 2.45) is 0 Å². The van der Waals surface area contributed by atoms with Crippen molar-refractivity contribution in [2.75, 3.05) is 4.90 Å². The number of nitrogens with zero attached hydrogens (tertiary/aromatic N) is 1. The first-order valence-electron chi connectivity index (χ1n) is 8.47. The van der Waals surface area contributed by atoms with E-state index >= 15 is 0 Å². The molecule has 4 rings (SSSR count). The zero-order chi connectivity index (χ0) is 18.8. The number of carbonyl (C=O) groups is 1. The van der Waals surface area contributed by atoms with E-state index in [1.54, 1.807) is 11.0 Å². The second-order valence-corrected chi connectivity index (χ2v) is 7.46. The van der Waals surface area contributed by atoms with Gasteiger partial charge < -0.3 is 0 Å². The van der Waals surface area contributed by atoms with Crippen LogP contribution < -0.4 is 4.90 Å². The number of amides is 1. The maximum atomic E-state index is 13.3. The molecule has 0 aromatic heterocycles. The highest BCUT2D eigenvalue weighted by molar-refractivity contribution is 9.10. The van der Waals surface area contributed by atoms with Crippen molar-refractivity contribution >= 4 is 50.9 Å². The third kappa shape index (κ3) is 3.61. The van der Waals surface area contributed by atoms with Gasteiger partial charge in [0.25, 0.3) is 5.91 Å². The molecule has 3 aromatic carbocycles. The van der Waals surface area contributed by atoms with Gasteiger partial charge in [0.2, 0.25) is 0 Å². The van der Waals surface area contributed by atoms with Crippen molar-refractivity contribution in [3.8, 4) is 0 Å². The molecule has 4 heteroatoms. The van der Waals surface area contributed by atoms with E-state index in [1.165, 1.54) is 0 Å². The fraction of sp³-hybridized carbons (Fsp3) is 0. The number of anilines is 1. The maximum absolute atomic E-state index is 13.3. The molecule has 3 aromatic rings. The van der Waals surface area contributed by atoms with Gasteiger partial charge in [0.15, 0.2) is 0 Å². The van der Waals surface area contributed by atoms with E-state index in [0.717, 1.165) is 21.3 Å². The average Bonchev–Trinajstić information content (AvgIpc) is 3.01. The Kier molecular flexibility index (Phi) is 4.97. The normalized spacial score (nSPS) is 15.3. The van der Waals surface area contributed by atoms with Crippen LogP contribution in [0.25, 0.3) is 11.8 Å². The summed E-state index contributed by atoms with van der Waals surface area (Å²) in [7, 11) is 0. The fourth-order valence-corrected chi connectivity index (χ4v) is 3.53. The lowest BCUT2D eigenvalue weighted by Gasteiger charge is -2.21. The van der Waals surface area contributed by atoms with E-state index < -0.39 is 0 Å². The molecule has 0 atom stereocenters. The highest BCUT2D eigenvalue weighted by Gasteiger charge is 2.31. The molecule has 0 N–H and O–H groups in total. The van der Waals surface area contributed by atoms with Gasteiger partial charge in [-0.2, -0.15) is 0 Å². The number of hydrogen-bond donors (Lipinski definition) is 0. The molecule has 2 nitrogen and oxygen atoms in total. The summed E-state index contributed by atoms with van der Waals surface area (Å²) < 4.78 is 1.00. The lowest BCUT2D eigenvalue weighted by Crippen LogP contribution is -2.25. The number of rotatable bonds is 3. The highest BCUT2D eigenvalue weighted by atomic mass is 79.9. The van der Waals surface area contributed by atoms with Crippen LogP contribution >= 0.6 is 27.5 Å². The largest absolute Gasteiger partial charge is 0.275 e. The Labute approximate surface area is 171 Å². The van der Waals surface area contributed by atoms with Crippen molar-refractivity contribution in [2.45, 2.75) is 0 Å². The van der Waals surface area contributed by atoms with Gasteiger partial charge in [-0.3, -0.25) is 9.69 Å². The molecule has 0 unspecified atom stereocenters. The van der Waals surface area contributed by atoms with Crippen LogP contribution in [0.2, 0.25) is 5.02 Å². The smallest absolute Gasteiger partial charge is 0.262 e. The Morgan fingerprint density at radius 2 is 1.52 bits per heavy atom. The molecule has 1 aliphatic heterocycles. The SMILES string of the molecule is O=C1C(=Cc2ccc(Br)cc2)C=C(c2ccccc2)N1c1ccccc1Cl. The van der Waals surface area contributed by atoms with E-state index in [9.17, 15) is 4.79 Å². The standard InChI is InChI=1S/C23H15BrClNO/c24-19-12-10-16(11-13-19)14-18-15-22(17-6-2-1-3-7-17)26(23(18)27)21-9-5-4-8-20(21)25/h1-15H. The van der Waals surface area contributed by atoms with Crippen LogP contribution in [-0.4, -0.2) is 5.91 Å². The summed E-state index contributed by atoms with van der Waals surface area (Å²) in [5, 5.41) is 0.539. The van der Waals surface area contributed by atoms with E-state index in [0.29, 0.717) is 16.3 Å². The fourth-order valence-electron chi connectivity index (χ4n) is 3.05. The quantitative estimate of drug-likeness (QED) is 0.425. The lowest BCUT2D eigenvalue weighted by atomic mass is 10.1. The molecule has 27 heavy (non-hydrogen) atoms.